The Hall–Kier alpha value is -2.20. The molecule has 1 aliphatic carbocycles. The monoisotopic (exact) mass is 312 g/mol. The second kappa shape index (κ2) is 6.50. The topological polar surface area (TPSA) is 55.1 Å². The van der Waals surface area contributed by atoms with E-state index in [1.165, 1.54) is 6.07 Å². The van der Waals surface area contributed by atoms with E-state index >= 15 is 0 Å². The summed E-state index contributed by atoms with van der Waals surface area (Å²) in [7, 11) is 0. The van der Waals surface area contributed by atoms with Crippen molar-refractivity contribution < 1.29 is 9.18 Å². The van der Waals surface area contributed by atoms with Gasteiger partial charge in [-0.2, -0.15) is 0 Å². The number of carbonyl (C=O) groups is 1. The van der Waals surface area contributed by atoms with Crippen molar-refractivity contribution in [3.8, 4) is 0 Å². The van der Waals surface area contributed by atoms with Crippen LogP contribution in [0.2, 0.25) is 0 Å². The molecule has 0 aromatic heterocycles. The van der Waals surface area contributed by atoms with Gasteiger partial charge in [0.2, 0.25) is 5.91 Å². The quantitative estimate of drug-likeness (QED) is 0.910. The fraction of sp³-hybridized carbons (Fsp3) is 0.316. The molecule has 2 aromatic carbocycles. The maximum atomic E-state index is 13.3. The molecule has 0 heterocycles. The van der Waals surface area contributed by atoms with E-state index in [2.05, 4.69) is 5.32 Å². The molecule has 1 amide bonds. The van der Waals surface area contributed by atoms with Crippen molar-refractivity contribution in [2.75, 3.05) is 0 Å². The fourth-order valence-corrected chi connectivity index (χ4v) is 3.17. The van der Waals surface area contributed by atoms with Gasteiger partial charge in [-0.1, -0.05) is 43.3 Å². The Bertz CT molecular complexity index is 702. The minimum atomic E-state index is -0.342. The van der Waals surface area contributed by atoms with Gasteiger partial charge in [0.15, 0.2) is 0 Å². The van der Waals surface area contributed by atoms with E-state index in [1.807, 2.05) is 37.3 Å². The maximum absolute atomic E-state index is 13.3. The standard InChI is InChI=1S/C19H21FN2O/c1-12(18(21)13-5-3-2-4-6-13)19(23)22-17-10-7-14-11-15(20)8-9-16(14)17/h2-6,8-9,11-12,17-18H,7,10,21H2,1H3,(H,22,23). The number of benzene rings is 2. The van der Waals surface area contributed by atoms with Crippen LogP contribution in [0.4, 0.5) is 4.39 Å². The lowest BCUT2D eigenvalue weighted by Crippen LogP contribution is -2.37. The van der Waals surface area contributed by atoms with Gasteiger partial charge in [-0.15, -0.1) is 0 Å². The van der Waals surface area contributed by atoms with Crippen LogP contribution in [0.1, 0.15) is 42.1 Å². The number of nitrogens with two attached hydrogens (primary N) is 1. The Kier molecular flexibility index (Phi) is 4.44. The van der Waals surface area contributed by atoms with E-state index in [1.54, 1.807) is 12.1 Å². The van der Waals surface area contributed by atoms with Crippen LogP contribution in [-0.4, -0.2) is 5.91 Å². The minimum absolute atomic E-state index is 0.0523. The summed E-state index contributed by atoms with van der Waals surface area (Å²) in [5.74, 6) is -0.624. The summed E-state index contributed by atoms with van der Waals surface area (Å²) in [5, 5.41) is 3.06. The average molecular weight is 312 g/mol. The number of aryl methyl sites for hydroxylation is 1. The van der Waals surface area contributed by atoms with Crippen LogP contribution in [0.3, 0.4) is 0 Å². The molecular weight excluding hydrogens is 291 g/mol. The summed E-state index contributed by atoms with van der Waals surface area (Å²) >= 11 is 0. The van der Waals surface area contributed by atoms with E-state index in [-0.39, 0.29) is 29.7 Å². The van der Waals surface area contributed by atoms with Gasteiger partial charge in [-0.25, -0.2) is 4.39 Å². The number of hydrogen-bond donors (Lipinski definition) is 2. The lowest BCUT2D eigenvalue weighted by molar-refractivity contribution is -0.125. The van der Waals surface area contributed by atoms with Crippen molar-refractivity contribution in [2.24, 2.45) is 11.7 Å². The molecule has 0 bridgehead atoms. The van der Waals surface area contributed by atoms with Crippen LogP contribution < -0.4 is 11.1 Å². The summed E-state index contributed by atoms with van der Waals surface area (Å²) in [6, 6.07) is 14.0. The van der Waals surface area contributed by atoms with Gasteiger partial charge in [0, 0.05) is 6.04 Å². The SMILES string of the molecule is CC(C(=O)NC1CCc2cc(F)ccc21)C(N)c1ccccc1. The van der Waals surface area contributed by atoms with Crippen LogP contribution in [-0.2, 0) is 11.2 Å². The van der Waals surface area contributed by atoms with Crippen molar-refractivity contribution in [3.05, 3.63) is 71.0 Å². The van der Waals surface area contributed by atoms with E-state index in [4.69, 9.17) is 5.73 Å². The molecule has 0 spiro atoms. The van der Waals surface area contributed by atoms with Crippen LogP contribution >= 0.6 is 0 Å². The predicted octanol–water partition coefficient (Wildman–Crippen LogP) is 3.27. The number of fused-ring (bicyclic) bond motifs is 1. The Morgan fingerprint density at radius 3 is 2.74 bits per heavy atom. The largest absolute Gasteiger partial charge is 0.349 e. The molecule has 0 aliphatic heterocycles. The predicted molar refractivity (Wildman–Crippen MR) is 88.1 cm³/mol. The third-order valence-corrected chi connectivity index (χ3v) is 4.64. The van der Waals surface area contributed by atoms with Crippen LogP contribution in [0.15, 0.2) is 48.5 Å². The fourth-order valence-electron chi connectivity index (χ4n) is 3.17. The molecule has 0 saturated heterocycles. The highest BCUT2D eigenvalue weighted by atomic mass is 19.1. The number of hydrogen-bond acceptors (Lipinski definition) is 2. The Morgan fingerprint density at radius 1 is 1.26 bits per heavy atom. The summed E-state index contributed by atoms with van der Waals surface area (Å²) in [4.78, 5) is 12.5. The van der Waals surface area contributed by atoms with Crippen LogP contribution in [0.5, 0.6) is 0 Å². The molecule has 23 heavy (non-hydrogen) atoms. The van der Waals surface area contributed by atoms with Gasteiger partial charge in [0.1, 0.15) is 5.82 Å². The Balaban J connectivity index is 1.68. The smallest absolute Gasteiger partial charge is 0.225 e. The zero-order valence-electron chi connectivity index (χ0n) is 13.1. The van der Waals surface area contributed by atoms with Crippen molar-refractivity contribution >= 4 is 5.91 Å². The number of halogens is 1. The number of carbonyl (C=O) groups excluding carboxylic acids is 1. The summed E-state index contributed by atoms with van der Waals surface area (Å²) < 4.78 is 13.3. The maximum Gasteiger partial charge on any atom is 0.225 e. The van der Waals surface area contributed by atoms with Crippen LogP contribution in [0, 0.1) is 11.7 Å². The Labute approximate surface area is 135 Å². The molecule has 3 rings (SSSR count). The molecule has 3 unspecified atom stereocenters. The molecule has 3 atom stereocenters. The normalized spacial score (nSPS) is 19.0. The van der Waals surface area contributed by atoms with E-state index < -0.39 is 0 Å². The summed E-state index contributed by atoms with van der Waals surface area (Å²) in [6.07, 6.45) is 1.59. The highest BCUT2D eigenvalue weighted by Gasteiger charge is 2.28. The number of amides is 1. The molecular formula is C19H21FN2O. The first-order chi connectivity index (χ1) is 11.1. The van der Waals surface area contributed by atoms with Crippen molar-refractivity contribution in [1.82, 2.24) is 5.32 Å². The van der Waals surface area contributed by atoms with Gasteiger partial charge >= 0.3 is 0 Å². The summed E-state index contributed by atoms with van der Waals surface area (Å²) in [6.45, 7) is 1.84. The first-order valence-corrected chi connectivity index (χ1v) is 7.95. The van der Waals surface area contributed by atoms with E-state index in [9.17, 15) is 9.18 Å². The first-order valence-electron chi connectivity index (χ1n) is 7.95. The molecule has 0 radical (unpaired) electrons. The van der Waals surface area contributed by atoms with Crippen molar-refractivity contribution in [3.63, 3.8) is 0 Å². The highest BCUT2D eigenvalue weighted by molar-refractivity contribution is 5.80. The molecule has 0 saturated carbocycles. The average Bonchev–Trinajstić information content (AvgIpc) is 2.96. The van der Waals surface area contributed by atoms with Gasteiger partial charge in [-0.05, 0) is 41.7 Å². The van der Waals surface area contributed by atoms with Gasteiger partial charge < -0.3 is 11.1 Å². The first kappa shape index (κ1) is 15.7. The van der Waals surface area contributed by atoms with Gasteiger partial charge in [-0.3, -0.25) is 4.79 Å². The van der Waals surface area contributed by atoms with E-state index in [0.29, 0.717) is 0 Å². The molecule has 3 nitrogen and oxygen atoms in total. The lowest BCUT2D eigenvalue weighted by Gasteiger charge is -2.22. The molecule has 120 valence electrons. The molecule has 2 aromatic rings. The number of nitrogens with one attached hydrogen (secondary N) is 1. The summed E-state index contributed by atoms with van der Waals surface area (Å²) in [5.41, 5.74) is 9.16. The molecule has 3 N–H and O–H groups in total. The minimum Gasteiger partial charge on any atom is -0.349 e. The third-order valence-electron chi connectivity index (χ3n) is 4.64. The van der Waals surface area contributed by atoms with Crippen molar-refractivity contribution in [2.45, 2.75) is 31.8 Å². The van der Waals surface area contributed by atoms with Crippen molar-refractivity contribution in [1.29, 1.82) is 0 Å². The second-order valence-corrected chi connectivity index (χ2v) is 6.17. The zero-order chi connectivity index (χ0) is 16.4. The molecule has 1 aliphatic rings. The van der Waals surface area contributed by atoms with E-state index in [0.717, 1.165) is 29.5 Å². The third kappa shape index (κ3) is 3.27. The highest BCUT2D eigenvalue weighted by Crippen LogP contribution is 2.32. The lowest BCUT2D eigenvalue weighted by atomic mass is 9.94. The zero-order valence-corrected chi connectivity index (χ0v) is 13.1. The molecule has 4 heteroatoms. The second-order valence-electron chi connectivity index (χ2n) is 6.17. The van der Waals surface area contributed by atoms with Crippen LogP contribution in [0.25, 0.3) is 0 Å². The Morgan fingerprint density at radius 2 is 2.00 bits per heavy atom. The van der Waals surface area contributed by atoms with Gasteiger partial charge in [0.05, 0.1) is 12.0 Å². The molecule has 0 fully saturated rings. The number of rotatable bonds is 4. The van der Waals surface area contributed by atoms with Gasteiger partial charge in [0.25, 0.3) is 0 Å².